The van der Waals surface area contributed by atoms with Crippen LogP contribution >= 0.6 is 11.5 Å². The highest BCUT2D eigenvalue weighted by atomic mass is 32.1. The van der Waals surface area contributed by atoms with E-state index in [0.29, 0.717) is 24.3 Å². The smallest absolute Gasteiger partial charge is 0.303 e. The van der Waals surface area contributed by atoms with Crippen molar-refractivity contribution in [3.8, 4) is 0 Å². The summed E-state index contributed by atoms with van der Waals surface area (Å²) in [6, 6.07) is 0. The monoisotopic (exact) mass is 297 g/mol. The molecule has 2 rings (SSSR count). The predicted octanol–water partition coefficient (Wildman–Crippen LogP) is 1.82. The first-order valence-corrected chi connectivity index (χ1v) is 7.71. The van der Waals surface area contributed by atoms with E-state index in [9.17, 15) is 9.59 Å². The highest BCUT2D eigenvalue weighted by Gasteiger charge is 2.27. The number of amides is 1. The molecule has 7 heteroatoms. The number of aliphatic carboxylic acids is 1. The molecular weight excluding hydrogens is 278 g/mol. The summed E-state index contributed by atoms with van der Waals surface area (Å²) in [7, 11) is 0. The van der Waals surface area contributed by atoms with E-state index in [4.69, 9.17) is 5.11 Å². The van der Waals surface area contributed by atoms with E-state index in [1.54, 1.807) is 0 Å². The summed E-state index contributed by atoms with van der Waals surface area (Å²) in [5, 5.41) is 12.7. The number of nitrogens with zero attached hydrogens (tertiary/aromatic N) is 3. The van der Waals surface area contributed by atoms with Crippen molar-refractivity contribution in [3.05, 3.63) is 10.6 Å². The van der Waals surface area contributed by atoms with Crippen molar-refractivity contribution in [1.29, 1.82) is 0 Å². The largest absolute Gasteiger partial charge is 0.481 e. The molecule has 110 valence electrons. The molecule has 1 N–H and O–H groups in total. The Morgan fingerprint density at radius 3 is 3.00 bits per heavy atom. The SMILES string of the molecule is CCc1nnsc1C(=O)N1CCCC(CCC(=O)O)C1. The highest BCUT2D eigenvalue weighted by Crippen LogP contribution is 2.24. The van der Waals surface area contributed by atoms with Crippen molar-refractivity contribution in [1.82, 2.24) is 14.5 Å². The molecule has 6 nitrogen and oxygen atoms in total. The maximum atomic E-state index is 12.5. The maximum Gasteiger partial charge on any atom is 0.303 e. The Labute approximate surface area is 122 Å². The van der Waals surface area contributed by atoms with Crippen LogP contribution < -0.4 is 0 Å². The lowest BCUT2D eigenvalue weighted by molar-refractivity contribution is -0.137. The number of carbonyl (C=O) groups is 2. The third kappa shape index (κ3) is 3.53. The van der Waals surface area contributed by atoms with Crippen LogP contribution in [0.2, 0.25) is 0 Å². The van der Waals surface area contributed by atoms with Crippen LogP contribution in [-0.4, -0.2) is 44.6 Å². The van der Waals surface area contributed by atoms with E-state index < -0.39 is 5.97 Å². The van der Waals surface area contributed by atoms with Crippen LogP contribution in [0.3, 0.4) is 0 Å². The molecule has 1 aliphatic rings. The number of carboxylic acids is 1. The maximum absolute atomic E-state index is 12.5. The number of carboxylic acid groups (broad SMARTS) is 1. The first kappa shape index (κ1) is 14.9. The Kier molecular flexibility index (Phi) is 5.05. The Hall–Kier alpha value is -1.50. The zero-order chi connectivity index (χ0) is 14.5. The van der Waals surface area contributed by atoms with Gasteiger partial charge in [-0.2, -0.15) is 0 Å². The van der Waals surface area contributed by atoms with Gasteiger partial charge in [0.05, 0.1) is 5.69 Å². The van der Waals surface area contributed by atoms with Crippen molar-refractivity contribution in [2.75, 3.05) is 13.1 Å². The molecule has 0 spiro atoms. The molecule has 0 radical (unpaired) electrons. The second-order valence-electron chi connectivity index (χ2n) is 5.09. The first-order chi connectivity index (χ1) is 9.61. The Bertz CT molecular complexity index is 489. The van der Waals surface area contributed by atoms with E-state index in [1.165, 1.54) is 0 Å². The molecule has 1 aromatic rings. The number of rotatable bonds is 5. The molecule has 0 aliphatic carbocycles. The van der Waals surface area contributed by atoms with Crippen LogP contribution in [0.5, 0.6) is 0 Å². The standard InChI is InChI=1S/C13H19N3O3S/c1-2-10-12(20-15-14-10)13(19)16-7-3-4-9(8-16)5-6-11(17)18/h9H,2-8H2,1H3,(H,17,18). The van der Waals surface area contributed by atoms with Crippen molar-refractivity contribution in [3.63, 3.8) is 0 Å². The second kappa shape index (κ2) is 6.78. The van der Waals surface area contributed by atoms with Gasteiger partial charge in [0, 0.05) is 19.5 Å². The summed E-state index contributed by atoms with van der Waals surface area (Å²) >= 11 is 1.15. The third-order valence-electron chi connectivity index (χ3n) is 3.66. The summed E-state index contributed by atoms with van der Waals surface area (Å²) in [5.41, 5.74) is 0.757. The van der Waals surface area contributed by atoms with Crippen LogP contribution in [0.25, 0.3) is 0 Å². The van der Waals surface area contributed by atoms with Crippen LogP contribution in [0.4, 0.5) is 0 Å². The Morgan fingerprint density at radius 1 is 1.50 bits per heavy atom. The van der Waals surface area contributed by atoms with Crippen LogP contribution in [-0.2, 0) is 11.2 Å². The van der Waals surface area contributed by atoms with Gasteiger partial charge < -0.3 is 10.0 Å². The number of likely N-dealkylation sites (tertiary alicyclic amines) is 1. The van der Waals surface area contributed by atoms with Gasteiger partial charge in [0.1, 0.15) is 4.88 Å². The average molecular weight is 297 g/mol. The van der Waals surface area contributed by atoms with Crippen LogP contribution in [0.15, 0.2) is 0 Å². The lowest BCUT2D eigenvalue weighted by Crippen LogP contribution is -2.40. The topological polar surface area (TPSA) is 83.4 Å². The molecule has 0 bridgehead atoms. The van der Waals surface area contributed by atoms with E-state index in [1.807, 2.05) is 11.8 Å². The normalized spacial score (nSPS) is 19.1. The van der Waals surface area contributed by atoms with Crippen molar-refractivity contribution in [2.24, 2.45) is 5.92 Å². The fourth-order valence-corrected chi connectivity index (χ4v) is 3.28. The summed E-state index contributed by atoms with van der Waals surface area (Å²) < 4.78 is 3.85. The molecular formula is C13H19N3O3S. The first-order valence-electron chi connectivity index (χ1n) is 6.94. The minimum Gasteiger partial charge on any atom is -0.481 e. The van der Waals surface area contributed by atoms with E-state index in [2.05, 4.69) is 9.59 Å². The van der Waals surface area contributed by atoms with Crippen LogP contribution in [0.1, 0.15) is 48.0 Å². The van der Waals surface area contributed by atoms with Gasteiger partial charge in [-0.05, 0) is 43.1 Å². The molecule has 1 fully saturated rings. The number of carbonyl (C=O) groups excluding carboxylic acids is 1. The van der Waals surface area contributed by atoms with E-state index in [0.717, 1.165) is 36.6 Å². The van der Waals surface area contributed by atoms with Gasteiger partial charge >= 0.3 is 5.97 Å². The van der Waals surface area contributed by atoms with Gasteiger partial charge in [0.2, 0.25) is 0 Å². The molecule has 1 unspecified atom stereocenters. The zero-order valence-corrected chi connectivity index (χ0v) is 12.4. The zero-order valence-electron chi connectivity index (χ0n) is 11.5. The molecule has 1 aromatic heterocycles. The fraction of sp³-hybridized carbons (Fsp3) is 0.692. The molecule has 1 amide bonds. The van der Waals surface area contributed by atoms with Gasteiger partial charge in [-0.15, -0.1) is 5.10 Å². The Morgan fingerprint density at radius 2 is 2.30 bits per heavy atom. The summed E-state index contributed by atoms with van der Waals surface area (Å²) in [6.07, 6.45) is 3.45. The minimum absolute atomic E-state index is 0.00289. The molecule has 0 aromatic carbocycles. The summed E-state index contributed by atoms with van der Waals surface area (Å²) in [4.78, 5) is 25.6. The van der Waals surface area contributed by atoms with Crippen molar-refractivity contribution >= 4 is 23.4 Å². The number of hydrogen-bond acceptors (Lipinski definition) is 5. The van der Waals surface area contributed by atoms with Gasteiger partial charge in [-0.3, -0.25) is 9.59 Å². The quantitative estimate of drug-likeness (QED) is 0.896. The number of aryl methyl sites for hydroxylation is 1. The highest BCUT2D eigenvalue weighted by molar-refractivity contribution is 7.08. The number of hydrogen-bond donors (Lipinski definition) is 1. The summed E-state index contributed by atoms with van der Waals surface area (Å²) in [5.74, 6) is -0.486. The van der Waals surface area contributed by atoms with E-state index >= 15 is 0 Å². The molecule has 0 saturated carbocycles. The molecule has 1 aliphatic heterocycles. The average Bonchev–Trinajstić information content (AvgIpc) is 2.93. The number of aromatic nitrogens is 2. The fourth-order valence-electron chi connectivity index (χ4n) is 2.56. The van der Waals surface area contributed by atoms with Gasteiger partial charge in [0.25, 0.3) is 5.91 Å². The minimum atomic E-state index is -0.770. The number of piperidine rings is 1. The Balaban J connectivity index is 1.98. The molecule has 2 heterocycles. The molecule has 20 heavy (non-hydrogen) atoms. The summed E-state index contributed by atoms with van der Waals surface area (Å²) in [6.45, 7) is 3.34. The van der Waals surface area contributed by atoms with Gasteiger partial charge in [0.15, 0.2) is 0 Å². The third-order valence-corrected chi connectivity index (χ3v) is 4.41. The van der Waals surface area contributed by atoms with Gasteiger partial charge in [-0.1, -0.05) is 11.4 Å². The lowest BCUT2D eigenvalue weighted by atomic mass is 9.93. The second-order valence-corrected chi connectivity index (χ2v) is 5.85. The van der Waals surface area contributed by atoms with E-state index in [-0.39, 0.29) is 18.2 Å². The molecule has 1 atom stereocenters. The van der Waals surface area contributed by atoms with Gasteiger partial charge in [-0.25, -0.2) is 0 Å². The van der Waals surface area contributed by atoms with Crippen LogP contribution in [0, 0.1) is 5.92 Å². The predicted molar refractivity (Wildman–Crippen MR) is 74.8 cm³/mol. The van der Waals surface area contributed by atoms with Crippen molar-refractivity contribution in [2.45, 2.75) is 39.0 Å². The lowest BCUT2D eigenvalue weighted by Gasteiger charge is -2.32. The molecule has 1 saturated heterocycles. The van der Waals surface area contributed by atoms with Crippen molar-refractivity contribution < 1.29 is 14.7 Å².